The van der Waals surface area contributed by atoms with E-state index < -0.39 is 171 Å². The largest absolute Gasteiger partial charge is 0.504 e. The summed E-state index contributed by atoms with van der Waals surface area (Å²) in [5.74, 6) is -8.85. The SMILES string of the molecule is CCCCCOc1ccc(-c2ncc(-c3ccc(C(=O)NC4C[C@@H](O)CNC(=O)[C@@H]5[C@@H](O)[C@@H](C)CN5C(=O)[C@H]([C@H](O)CCN)NC(=O)[C@H]([C@H](O)Cc5ccc(O)c(OCC(=O)NC)c5)NC(=O)[C@@H]5C[C@@H](O)CN5C(=O)[C@H]([C@@H](C)O)NC4=O)cc3)s2)cc1. The van der Waals surface area contributed by atoms with E-state index in [2.05, 4.69) is 43.8 Å². The van der Waals surface area contributed by atoms with E-state index in [0.717, 1.165) is 57.2 Å². The second-order valence-corrected chi connectivity index (χ2v) is 23.1. The maximum Gasteiger partial charge on any atom is 0.257 e. The Kier molecular flexibility index (Phi) is 23.5. The fourth-order valence-corrected chi connectivity index (χ4v) is 11.4. The Morgan fingerprint density at radius 2 is 1.47 bits per heavy atom. The molecular weight excluding hydrogens is 1150 g/mol. The van der Waals surface area contributed by atoms with Crippen LogP contribution in [0.15, 0.2) is 72.9 Å². The number of aromatic hydroxyl groups is 1. The van der Waals surface area contributed by atoms with Gasteiger partial charge in [-0.2, -0.15) is 0 Å². The van der Waals surface area contributed by atoms with Gasteiger partial charge < -0.3 is 92.7 Å². The number of fused-ring (bicyclic) bond motifs is 2. The van der Waals surface area contributed by atoms with E-state index in [-0.39, 0.29) is 36.4 Å². The molecule has 1 aromatic heterocycles. The van der Waals surface area contributed by atoms with Crippen LogP contribution in [0, 0.1) is 5.92 Å². The molecule has 3 aliphatic rings. The number of β-amino-alcohol motifs (C(OH)–C–C–N with tert-alkyl or cyclic N) is 1. The minimum absolute atomic E-state index is 0.0547. The van der Waals surface area contributed by atoms with Crippen LogP contribution in [-0.2, 0) is 40.0 Å². The van der Waals surface area contributed by atoms with E-state index in [4.69, 9.17) is 15.2 Å². The first-order valence-corrected chi connectivity index (χ1v) is 29.7. The first kappa shape index (κ1) is 66.7. The summed E-state index contributed by atoms with van der Waals surface area (Å²) in [5.41, 5.74) is 7.60. The number of likely N-dealkylation sites (N-methyl/N-ethyl adjacent to an activating group) is 1. The number of rotatable bonds is 19. The van der Waals surface area contributed by atoms with Crippen molar-refractivity contribution in [2.45, 2.75) is 139 Å². The molecule has 1 unspecified atom stereocenters. The summed E-state index contributed by atoms with van der Waals surface area (Å²) in [5, 5.41) is 94.4. The number of aliphatic hydroxyl groups excluding tert-OH is 6. The van der Waals surface area contributed by atoms with E-state index in [0.29, 0.717) is 12.2 Å². The second kappa shape index (κ2) is 30.7. The van der Waals surface area contributed by atoms with Gasteiger partial charge in [0.25, 0.3) is 11.8 Å². The molecule has 0 bridgehead atoms. The lowest BCUT2D eigenvalue weighted by atomic mass is 9.98. The molecule has 3 aliphatic heterocycles. The van der Waals surface area contributed by atoms with E-state index >= 15 is 0 Å². The summed E-state index contributed by atoms with van der Waals surface area (Å²) in [6.07, 6.45) is -7.26. The molecule has 13 atom stereocenters. The summed E-state index contributed by atoms with van der Waals surface area (Å²) in [4.78, 5) is 120. The number of aromatic nitrogens is 1. The van der Waals surface area contributed by atoms with Crippen LogP contribution < -0.4 is 47.1 Å². The zero-order valence-corrected chi connectivity index (χ0v) is 49.5. The Morgan fingerprint density at radius 1 is 0.793 bits per heavy atom. The van der Waals surface area contributed by atoms with Gasteiger partial charge in [0.05, 0.1) is 48.1 Å². The molecule has 472 valence electrons. The fraction of sp³-hybridized carbons (Fsp3) is 0.508. The van der Waals surface area contributed by atoms with E-state index in [1.54, 1.807) is 18.3 Å². The number of nitrogens with two attached hydrogens (primary N) is 1. The summed E-state index contributed by atoms with van der Waals surface area (Å²) < 4.78 is 11.3. The van der Waals surface area contributed by atoms with Crippen LogP contribution in [0.1, 0.15) is 75.2 Å². The molecule has 28 heteroatoms. The highest BCUT2D eigenvalue weighted by molar-refractivity contribution is 7.18. The van der Waals surface area contributed by atoms with E-state index in [1.807, 2.05) is 24.3 Å². The van der Waals surface area contributed by atoms with Crippen molar-refractivity contribution in [3.05, 3.63) is 84.1 Å². The third-order valence-electron chi connectivity index (χ3n) is 15.4. The highest BCUT2D eigenvalue weighted by atomic mass is 32.1. The van der Waals surface area contributed by atoms with Crippen molar-refractivity contribution in [2.24, 2.45) is 11.7 Å². The minimum Gasteiger partial charge on any atom is -0.504 e. The van der Waals surface area contributed by atoms with Crippen molar-refractivity contribution in [3.8, 4) is 38.3 Å². The van der Waals surface area contributed by atoms with Crippen molar-refractivity contribution >= 4 is 58.6 Å². The number of carbonyl (C=O) groups excluding carboxylic acids is 8. The maximum atomic E-state index is 14.7. The first-order valence-electron chi connectivity index (χ1n) is 28.9. The summed E-state index contributed by atoms with van der Waals surface area (Å²) >= 11 is 1.41. The third kappa shape index (κ3) is 17.0. The van der Waals surface area contributed by atoms with Crippen LogP contribution in [0.2, 0.25) is 0 Å². The third-order valence-corrected chi connectivity index (χ3v) is 16.5. The average Bonchev–Trinajstić information content (AvgIpc) is 2.12. The smallest absolute Gasteiger partial charge is 0.257 e. The minimum atomic E-state index is -2.09. The molecule has 15 N–H and O–H groups in total. The van der Waals surface area contributed by atoms with Gasteiger partial charge in [-0.25, -0.2) is 4.98 Å². The molecule has 0 saturated carbocycles. The predicted octanol–water partition coefficient (Wildman–Crippen LogP) is -1.83. The van der Waals surface area contributed by atoms with Crippen LogP contribution >= 0.6 is 11.3 Å². The number of phenolic OH excluding ortho intramolecular Hbond substituents is 1. The van der Waals surface area contributed by atoms with Crippen LogP contribution in [0.3, 0.4) is 0 Å². The predicted molar refractivity (Wildman–Crippen MR) is 314 cm³/mol. The quantitative estimate of drug-likeness (QED) is 0.0459. The van der Waals surface area contributed by atoms with Crippen LogP contribution in [0.5, 0.6) is 17.2 Å². The van der Waals surface area contributed by atoms with Gasteiger partial charge in [-0.15, -0.1) is 11.3 Å². The number of nitrogens with one attached hydrogen (secondary N) is 6. The lowest BCUT2D eigenvalue weighted by Gasteiger charge is -2.34. The van der Waals surface area contributed by atoms with Gasteiger partial charge in [-0.05, 0) is 86.0 Å². The van der Waals surface area contributed by atoms with Gasteiger partial charge in [-0.3, -0.25) is 38.4 Å². The highest BCUT2D eigenvalue weighted by Gasteiger charge is 2.50. The number of unbranched alkanes of at least 4 members (excludes halogenated alkanes) is 2. The van der Waals surface area contributed by atoms with E-state index in [1.165, 1.54) is 55.6 Å². The Bertz CT molecular complexity index is 3060. The Labute approximate surface area is 506 Å². The average molecular weight is 1230 g/mol. The zero-order chi connectivity index (χ0) is 63.2. The lowest BCUT2D eigenvalue weighted by molar-refractivity contribution is -0.147. The van der Waals surface area contributed by atoms with Crippen LogP contribution in [0.4, 0.5) is 0 Å². The number of ether oxygens (including phenoxy) is 2. The highest BCUT2D eigenvalue weighted by Crippen LogP contribution is 2.34. The van der Waals surface area contributed by atoms with Crippen LogP contribution in [-0.4, -0.2) is 217 Å². The van der Waals surface area contributed by atoms with Gasteiger partial charge in [0.1, 0.15) is 47.0 Å². The first-order chi connectivity index (χ1) is 41.5. The number of aliphatic hydroxyl groups is 6. The number of hydrogen-bond acceptors (Lipinski definition) is 20. The van der Waals surface area contributed by atoms with Crippen LogP contribution in [0.25, 0.3) is 21.0 Å². The number of nitrogens with zero attached hydrogens (tertiary/aromatic N) is 3. The number of thiazole rings is 1. The van der Waals surface area contributed by atoms with Gasteiger partial charge in [-0.1, -0.05) is 44.9 Å². The second-order valence-electron chi connectivity index (χ2n) is 22.0. The molecule has 3 fully saturated rings. The molecule has 4 aromatic rings. The van der Waals surface area contributed by atoms with Gasteiger partial charge in [0.15, 0.2) is 18.1 Å². The monoisotopic (exact) mass is 1230 g/mol. The molecule has 3 aromatic carbocycles. The molecule has 8 amide bonds. The number of benzene rings is 3. The summed E-state index contributed by atoms with van der Waals surface area (Å²) in [6, 6.07) is 6.61. The normalized spacial score (nSPS) is 25.3. The number of hydrogen-bond donors (Lipinski definition) is 14. The lowest BCUT2D eigenvalue weighted by Crippen LogP contribution is -2.64. The van der Waals surface area contributed by atoms with Crippen molar-refractivity contribution < 1.29 is 83.6 Å². The number of amides is 8. The van der Waals surface area contributed by atoms with Crippen molar-refractivity contribution in [1.82, 2.24) is 46.7 Å². The van der Waals surface area contributed by atoms with Gasteiger partial charge in [0.2, 0.25) is 35.4 Å². The standard InChI is InChI=1S/C59H78N10O17S/c1-5-6-7-20-85-38-15-13-35(14-16-38)57-63-26-45(87-57)33-9-11-34(12-10-33)52(78)64-39-23-36(71)25-62-56(82)50-51(77)30(2)27-69(50)59(84)49(42(74)18-19-60)67-55(81)48(43(75)21-32-8-17-41(73)44(22-32)86-29-46(76)61-4)66-54(80)40-24-37(72)28-68(40)58(83)47(31(3)70)65-53(39)79/h8-17,22,26,30-31,36-37,39-40,42-43,47-51,70-75,77H,5-7,18-21,23-25,27-29,60H2,1-4H3,(H,61,76)(H,62,82)(H,64,78)(H,65,79)(H,66,80)(H,67,81)/t30-,31+,36+,37+,39?,40-,42+,43+,47-,48-,49-,50-,51-/m0/s1. The molecule has 0 radical (unpaired) electrons. The molecule has 87 heavy (non-hydrogen) atoms. The zero-order valence-electron chi connectivity index (χ0n) is 48.7. The summed E-state index contributed by atoms with van der Waals surface area (Å²) in [7, 11) is 1.36. The molecule has 4 heterocycles. The Balaban J connectivity index is 1.18. The topological polar surface area (TPSA) is 414 Å². The Morgan fingerprint density at radius 3 is 2.15 bits per heavy atom. The van der Waals surface area contributed by atoms with Crippen molar-refractivity contribution in [2.75, 3.05) is 46.4 Å². The number of carbonyl (C=O) groups is 8. The maximum absolute atomic E-state index is 14.7. The fourth-order valence-electron chi connectivity index (χ4n) is 10.4. The molecule has 7 rings (SSSR count). The van der Waals surface area contributed by atoms with Crippen molar-refractivity contribution in [1.29, 1.82) is 0 Å². The molecule has 3 saturated heterocycles. The van der Waals surface area contributed by atoms with Gasteiger partial charge in [0, 0.05) is 69.2 Å². The molecular formula is C59H78N10O17S. The summed E-state index contributed by atoms with van der Waals surface area (Å²) in [6.45, 7) is 3.15. The number of phenols is 1. The molecule has 0 spiro atoms. The Hall–Kier alpha value is -7.83. The van der Waals surface area contributed by atoms with Crippen molar-refractivity contribution in [3.63, 3.8) is 0 Å². The molecule has 27 nitrogen and oxygen atoms in total. The van der Waals surface area contributed by atoms with E-state index in [9.17, 15) is 74.1 Å². The molecule has 0 aliphatic carbocycles. The van der Waals surface area contributed by atoms with Gasteiger partial charge >= 0.3 is 0 Å².